The minimum atomic E-state index is -0.947. The van der Waals surface area contributed by atoms with Gasteiger partial charge in [0.05, 0.1) is 22.8 Å². The van der Waals surface area contributed by atoms with E-state index < -0.39 is 23.9 Å². The molecule has 0 radical (unpaired) electrons. The minimum Gasteiger partial charge on any atom is -0.354 e. The van der Waals surface area contributed by atoms with Gasteiger partial charge in [-0.25, -0.2) is 9.97 Å². The number of carbonyl (C=O) groups is 4. The van der Waals surface area contributed by atoms with Gasteiger partial charge in [-0.15, -0.1) is 23.7 Å². The summed E-state index contributed by atoms with van der Waals surface area (Å²) in [6.07, 6.45) is 2.04. The summed E-state index contributed by atoms with van der Waals surface area (Å²) in [6.45, 7) is 1.74. The van der Waals surface area contributed by atoms with Crippen LogP contribution in [0.5, 0.6) is 0 Å². The van der Waals surface area contributed by atoms with Gasteiger partial charge < -0.3 is 26.2 Å². The Morgan fingerprint density at radius 3 is 2.74 bits per heavy atom. The van der Waals surface area contributed by atoms with Gasteiger partial charge in [-0.3, -0.25) is 19.2 Å². The standard InChI is InChI=1S/C20H22ClN7O4S.ClH/c1-28-5-4-11-14(9-28)33-20(26-11)19(32)25-13-8-23-16(29)6-12(13)24-17(30)18(31)27-15-3-2-10(21)7-22-15;/h2-3,7,12-13H,4-6,8-9H2,1H3,(H,23,29)(H,24,30)(H,25,32)(H,22,27,31);1H/t12-,13+;/m0./s1. The van der Waals surface area contributed by atoms with Gasteiger partial charge in [0.2, 0.25) is 5.91 Å². The van der Waals surface area contributed by atoms with Gasteiger partial charge in [-0.05, 0) is 19.2 Å². The minimum absolute atomic E-state index is 0. The molecule has 2 atom stereocenters. The number of hydrogen-bond donors (Lipinski definition) is 4. The van der Waals surface area contributed by atoms with Crippen LogP contribution in [0.2, 0.25) is 5.02 Å². The number of rotatable bonds is 4. The first kappa shape index (κ1) is 25.8. The molecule has 14 heteroatoms. The fourth-order valence-electron chi connectivity index (χ4n) is 3.59. The van der Waals surface area contributed by atoms with Gasteiger partial charge in [-0.2, -0.15) is 0 Å². The molecule has 4 N–H and O–H groups in total. The quantitative estimate of drug-likeness (QED) is 0.419. The van der Waals surface area contributed by atoms with E-state index in [0.717, 1.165) is 30.1 Å². The average Bonchev–Trinajstić information content (AvgIpc) is 3.20. The number of amides is 4. The lowest BCUT2D eigenvalue weighted by atomic mass is 10.00. The van der Waals surface area contributed by atoms with Gasteiger partial charge in [0, 0.05) is 43.5 Å². The Morgan fingerprint density at radius 1 is 1.21 bits per heavy atom. The molecule has 2 aromatic rings. The van der Waals surface area contributed by atoms with E-state index in [2.05, 4.69) is 36.1 Å². The number of anilines is 1. The molecule has 0 spiro atoms. The van der Waals surface area contributed by atoms with Gasteiger partial charge in [0.15, 0.2) is 5.01 Å². The van der Waals surface area contributed by atoms with Crippen LogP contribution in [-0.2, 0) is 27.3 Å². The highest BCUT2D eigenvalue weighted by molar-refractivity contribution is 7.13. The molecule has 4 rings (SSSR count). The number of nitrogens with zero attached hydrogens (tertiary/aromatic N) is 3. The lowest BCUT2D eigenvalue weighted by Crippen LogP contribution is -2.62. The fourth-order valence-corrected chi connectivity index (χ4v) is 4.79. The number of likely N-dealkylation sites (N-methyl/N-ethyl adjacent to an activating group) is 1. The van der Waals surface area contributed by atoms with E-state index >= 15 is 0 Å². The monoisotopic (exact) mass is 527 g/mol. The molecule has 0 aliphatic carbocycles. The van der Waals surface area contributed by atoms with E-state index in [4.69, 9.17) is 11.6 Å². The fraction of sp³-hybridized carbons (Fsp3) is 0.400. The van der Waals surface area contributed by atoms with E-state index in [1.54, 1.807) is 0 Å². The molecule has 1 fully saturated rings. The van der Waals surface area contributed by atoms with Crippen molar-refractivity contribution in [1.29, 1.82) is 0 Å². The van der Waals surface area contributed by atoms with Crippen LogP contribution in [0.1, 0.15) is 26.8 Å². The summed E-state index contributed by atoms with van der Waals surface area (Å²) in [5.41, 5.74) is 0.928. The topological polar surface area (TPSA) is 145 Å². The van der Waals surface area contributed by atoms with Crippen LogP contribution in [0.4, 0.5) is 5.82 Å². The molecular weight excluding hydrogens is 505 g/mol. The second kappa shape index (κ2) is 11.1. The third-order valence-electron chi connectivity index (χ3n) is 5.33. The molecule has 2 aliphatic rings. The molecular formula is C20H23Cl2N7O4S. The van der Waals surface area contributed by atoms with Crippen molar-refractivity contribution in [2.24, 2.45) is 0 Å². The Hall–Kier alpha value is -2.80. The van der Waals surface area contributed by atoms with Crippen LogP contribution in [-0.4, -0.2) is 70.7 Å². The average molecular weight is 528 g/mol. The zero-order valence-corrected chi connectivity index (χ0v) is 20.5. The largest absolute Gasteiger partial charge is 0.354 e. The summed E-state index contributed by atoms with van der Waals surface area (Å²) < 4.78 is 0. The number of hydrogen-bond acceptors (Lipinski definition) is 8. The van der Waals surface area contributed by atoms with Crippen molar-refractivity contribution < 1.29 is 19.2 Å². The lowest BCUT2D eigenvalue weighted by molar-refractivity contribution is -0.137. The van der Waals surface area contributed by atoms with Crippen LogP contribution in [0.15, 0.2) is 18.3 Å². The second-order valence-corrected chi connectivity index (χ2v) is 9.38. The van der Waals surface area contributed by atoms with Gasteiger partial charge in [-0.1, -0.05) is 11.6 Å². The third-order valence-corrected chi connectivity index (χ3v) is 6.64. The van der Waals surface area contributed by atoms with E-state index in [-0.39, 0.29) is 43.0 Å². The Bertz CT molecular complexity index is 1100. The van der Waals surface area contributed by atoms with Crippen LogP contribution >= 0.6 is 35.3 Å². The second-order valence-electron chi connectivity index (χ2n) is 7.86. The van der Waals surface area contributed by atoms with Crippen LogP contribution in [0.3, 0.4) is 0 Å². The maximum absolute atomic E-state index is 12.8. The van der Waals surface area contributed by atoms with Crippen molar-refractivity contribution in [2.45, 2.75) is 31.5 Å². The molecule has 11 nitrogen and oxygen atoms in total. The summed E-state index contributed by atoms with van der Waals surface area (Å²) in [6, 6.07) is 1.60. The Kier molecular flexibility index (Phi) is 8.42. The van der Waals surface area contributed by atoms with Crippen LogP contribution < -0.4 is 21.3 Å². The predicted molar refractivity (Wildman–Crippen MR) is 128 cm³/mol. The highest BCUT2D eigenvalue weighted by atomic mass is 35.5. The normalized spacial score (nSPS) is 19.8. The number of thiazole rings is 1. The van der Waals surface area contributed by atoms with Crippen LogP contribution in [0, 0.1) is 0 Å². The zero-order chi connectivity index (χ0) is 23.5. The van der Waals surface area contributed by atoms with Crippen molar-refractivity contribution >= 4 is 64.8 Å². The summed E-state index contributed by atoms with van der Waals surface area (Å²) in [5, 5.41) is 11.1. The van der Waals surface area contributed by atoms with E-state index in [9.17, 15) is 19.2 Å². The number of aromatic nitrogens is 2. The number of carbonyl (C=O) groups excluding carboxylic acids is 4. The highest BCUT2D eigenvalue weighted by Crippen LogP contribution is 2.24. The zero-order valence-electron chi connectivity index (χ0n) is 18.1. The molecule has 4 heterocycles. The van der Waals surface area contributed by atoms with Crippen molar-refractivity contribution in [3.05, 3.63) is 38.9 Å². The van der Waals surface area contributed by atoms with Crippen molar-refractivity contribution in [3.8, 4) is 0 Å². The summed E-state index contributed by atoms with van der Waals surface area (Å²) in [4.78, 5) is 61.0. The molecule has 182 valence electrons. The highest BCUT2D eigenvalue weighted by Gasteiger charge is 2.34. The number of halogens is 2. The summed E-state index contributed by atoms with van der Waals surface area (Å²) in [7, 11) is 2.01. The lowest BCUT2D eigenvalue weighted by Gasteiger charge is -2.32. The summed E-state index contributed by atoms with van der Waals surface area (Å²) in [5.74, 6) is -2.41. The van der Waals surface area contributed by atoms with Crippen LogP contribution in [0.25, 0.3) is 0 Å². The summed E-state index contributed by atoms with van der Waals surface area (Å²) >= 11 is 7.10. The SMILES string of the molecule is CN1CCc2nc(C(=O)N[C@@H]3CNC(=O)C[C@@H]3NC(=O)C(=O)Nc3ccc(Cl)cn3)sc2C1.Cl. The smallest absolute Gasteiger partial charge is 0.314 e. The van der Waals surface area contributed by atoms with Gasteiger partial charge in [0.1, 0.15) is 5.82 Å². The van der Waals surface area contributed by atoms with Crippen molar-refractivity contribution in [3.63, 3.8) is 0 Å². The van der Waals surface area contributed by atoms with Gasteiger partial charge in [0.25, 0.3) is 5.91 Å². The maximum Gasteiger partial charge on any atom is 0.314 e. The Balaban J connectivity index is 0.00000324. The number of nitrogens with one attached hydrogen (secondary N) is 4. The first-order chi connectivity index (χ1) is 15.8. The van der Waals surface area contributed by atoms with Gasteiger partial charge >= 0.3 is 11.8 Å². The predicted octanol–water partition coefficient (Wildman–Crippen LogP) is 0.343. The third kappa shape index (κ3) is 6.20. The van der Waals surface area contributed by atoms with Crippen molar-refractivity contribution in [2.75, 3.05) is 25.5 Å². The first-order valence-corrected chi connectivity index (χ1v) is 11.5. The van der Waals surface area contributed by atoms with Crippen molar-refractivity contribution in [1.82, 2.24) is 30.8 Å². The Morgan fingerprint density at radius 2 is 2.00 bits per heavy atom. The maximum atomic E-state index is 12.8. The van der Waals surface area contributed by atoms with E-state index in [0.29, 0.717) is 10.0 Å². The number of pyridine rings is 1. The molecule has 0 bridgehead atoms. The molecule has 2 aromatic heterocycles. The molecule has 2 aliphatic heterocycles. The number of piperidine rings is 1. The molecule has 0 aromatic carbocycles. The molecule has 0 unspecified atom stereocenters. The molecule has 0 saturated carbocycles. The molecule has 34 heavy (non-hydrogen) atoms. The number of fused-ring (bicyclic) bond motifs is 1. The molecule has 4 amide bonds. The Labute approximate surface area is 210 Å². The molecule has 1 saturated heterocycles. The first-order valence-electron chi connectivity index (χ1n) is 10.3. The van der Waals surface area contributed by atoms with E-state index in [1.165, 1.54) is 29.7 Å². The van der Waals surface area contributed by atoms with E-state index in [1.807, 2.05) is 7.05 Å².